The van der Waals surface area contributed by atoms with Crippen LogP contribution in [-0.4, -0.2) is 27.1 Å². The molecule has 20 heavy (non-hydrogen) atoms. The Bertz CT molecular complexity index is 565. The van der Waals surface area contributed by atoms with E-state index in [0.29, 0.717) is 5.69 Å². The van der Waals surface area contributed by atoms with E-state index in [1.165, 1.54) is 24.2 Å². The van der Waals surface area contributed by atoms with Crippen molar-refractivity contribution in [2.24, 2.45) is 5.73 Å². The molecular weight excluding hydrogens is 272 g/mol. The van der Waals surface area contributed by atoms with Crippen LogP contribution in [-0.2, 0) is 0 Å². The zero-order valence-electron chi connectivity index (χ0n) is 11.4. The molecule has 2 rings (SSSR count). The highest BCUT2D eigenvalue weighted by Gasteiger charge is 2.14. The summed E-state index contributed by atoms with van der Waals surface area (Å²) in [4.78, 5) is 12.4. The van der Waals surface area contributed by atoms with Crippen LogP contribution in [0.1, 0.15) is 36.7 Å². The van der Waals surface area contributed by atoms with Crippen molar-refractivity contribution in [1.82, 2.24) is 15.4 Å². The highest BCUT2D eigenvalue weighted by atomic mass is 32.2. The van der Waals surface area contributed by atoms with Gasteiger partial charge < -0.3 is 5.73 Å². The van der Waals surface area contributed by atoms with Crippen LogP contribution in [0, 0.1) is 0 Å². The van der Waals surface area contributed by atoms with E-state index in [1.807, 2.05) is 36.0 Å². The van der Waals surface area contributed by atoms with Crippen LogP contribution in [0.5, 0.6) is 0 Å². The number of carbonyl (C=O) groups excluding carboxylic acids is 1. The van der Waals surface area contributed by atoms with Gasteiger partial charge in [-0.2, -0.15) is 15.4 Å². The van der Waals surface area contributed by atoms with Crippen LogP contribution in [0.3, 0.4) is 0 Å². The van der Waals surface area contributed by atoms with Gasteiger partial charge in [-0.25, -0.2) is 0 Å². The average Bonchev–Trinajstić information content (AvgIpc) is 2.94. The van der Waals surface area contributed by atoms with Crippen molar-refractivity contribution in [2.75, 3.05) is 5.75 Å². The average molecular weight is 290 g/mol. The molecule has 0 unspecified atom stereocenters. The Kier molecular flexibility index (Phi) is 5.17. The largest absolute Gasteiger partial charge is 0.364 e. The minimum atomic E-state index is -0.577. The number of nitrogens with one attached hydrogen (secondary N) is 1. The van der Waals surface area contributed by atoms with Crippen LogP contribution >= 0.6 is 11.8 Å². The molecule has 1 amide bonds. The van der Waals surface area contributed by atoms with Crippen LogP contribution in [0.4, 0.5) is 0 Å². The Morgan fingerprint density at radius 2 is 2.00 bits per heavy atom. The van der Waals surface area contributed by atoms with E-state index in [2.05, 4.69) is 22.3 Å². The van der Waals surface area contributed by atoms with Gasteiger partial charge in [-0.3, -0.25) is 4.79 Å². The molecule has 0 saturated carbocycles. The van der Waals surface area contributed by atoms with Crippen molar-refractivity contribution in [3.63, 3.8) is 0 Å². The fourth-order valence-electron chi connectivity index (χ4n) is 1.86. The lowest BCUT2D eigenvalue weighted by Crippen LogP contribution is -2.12. The molecule has 0 aliphatic heterocycles. The van der Waals surface area contributed by atoms with E-state index in [1.54, 1.807) is 0 Å². The Morgan fingerprint density at radius 3 is 2.65 bits per heavy atom. The maximum Gasteiger partial charge on any atom is 0.271 e. The first-order chi connectivity index (χ1) is 9.72. The lowest BCUT2D eigenvalue weighted by molar-refractivity contribution is 0.0996. The van der Waals surface area contributed by atoms with Gasteiger partial charge in [0.1, 0.15) is 5.69 Å². The summed E-state index contributed by atoms with van der Waals surface area (Å²) >= 11 is 1.84. The predicted octanol–water partition coefficient (Wildman–Crippen LogP) is 2.85. The summed E-state index contributed by atoms with van der Waals surface area (Å²) < 4.78 is 0. The lowest BCUT2D eigenvalue weighted by Gasteiger charge is -2.03. The van der Waals surface area contributed by atoms with Gasteiger partial charge in [0.05, 0.1) is 0 Å². The quantitative estimate of drug-likeness (QED) is 0.606. The van der Waals surface area contributed by atoms with E-state index in [0.717, 1.165) is 11.3 Å². The van der Waals surface area contributed by atoms with Crippen LogP contribution in [0.25, 0.3) is 11.3 Å². The van der Waals surface area contributed by atoms with Crippen molar-refractivity contribution < 1.29 is 4.79 Å². The maximum atomic E-state index is 11.2. The highest BCUT2D eigenvalue weighted by Crippen LogP contribution is 2.25. The molecular formula is C14H18N4OS. The van der Waals surface area contributed by atoms with Gasteiger partial charge >= 0.3 is 0 Å². The molecule has 0 atom stereocenters. The summed E-state index contributed by atoms with van der Waals surface area (Å²) in [6.45, 7) is 2.20. The standard InChI is InChI=1S/C14H18N4OS/c1-2-3-4-9-20-11-7-5-10(6-8-11)12-13(14(15)19)17-18-16-12/h5-8H,2-4,9H2,1H3,(H2,15,19)(H,16,17,18). The first-order valence-electron chi connectivity index (χ1n) is 6.66. The second-order valence-electron chi connectivity index (χ2n) is 4.47. The number of carbonyl (C=O) groups is 1. The highest BCUT2D eigenvalue weighted by molar-refractivity contribution is 7.99. The minimum Gasteiger partial charge on any atom is -0.364 e. The Balaban J connectivity index is 2.04. The normalized spacial score (nSPS) is 10.7. The molecule has 2 aromatic rings. The Labute approximate surface area is 122 Å². The SMILES string of the molecule is CCCCCSc1ccc(-c2n[nH]nc2C(N)=O)cc1. The molecule has 0 aliphatic rings. The predicted molar refractivity (Wildman–Crippen MR) is 80.6 cm³/mol. The van der Waals surface area contributed by atoms with Crippen LogP contribution < -0.4 is 5.73 Å². The third-order valence-corrected chi connectivity index (χ3v) is 4.02. The molecule has 0 aliphatic carbocycles. The van der Waals surface area contributed by atoms with E-state index >= 15 is 0 Å². The molecule has 3 N–H and O–H groups in total. The zero-order chi connectivity index (χ0) is 14.4. The molecule has 106 valence electrons. The van der Waals surface area contributed by atoms with Crippen molar-refractivity contribution >= 4 is 17.7 Å². The van der Waals surface area contributed by atoms with Gasteiger partial charge in [0, 0.05) is 10.5 Å². The number of benzene rings is 1. The number of hydrogen-bond acceptors (Lipinski definition) is 4. The number of aromatic nitrogens is 3. The molecule has 0 spiro atoms. The third kappa shape index (κ3) is 3.60. The molecule has 0 radical (unpaired) electrons. The Hall–Kier alpha value is -1.82. The van der Waals surface area contributed by atoms with Gasteiger partial charge in [0.25, 0.3) is 5.91 Å². The lowest BCUT2D eigenvalue weighted by atomic mass is 10.1. The summed E-state index contributed by atoms with van der Waals surface area (Å²) in [6.07, 6.45) is 3.74. The number of H-pyrrole nitrogens is 1. The van der Waals surface area contributed by atoms with E-state index in [-0.39, 0.29) is 5.69 Å². The first kappa shape index (κ1) is 14.6. The molecule has 6 heteroatoms. The number of primary amides is 1. The summed E-state index contributed by atoms with van der Waals surface area (Å²) in [5.41, 5.74) is 6.77. The van der Waals surface area contributed by atoms with Gasteiger partial charge in [-0.15, -0.1) is 11.8 Å². The van der Waals surface area contributed by atoms with E-state index in [4.69, 9.17) is 5.73 Å². The van der Waals surface area contributed by atoms with Gasteiger partial charge in [0.15, 0.2) is 5.69 Å². The van der Waals surface area contributed by atoms with Gasteiger partial charge in [0.2, 0.25) is 0 Å². The summed E-state index contributed by atoms with van der Waals surface area (Å²) in [5, 5.41) is 10.2. The maximum absolute atomic E-state index is 11.2. The van der Waals surface area contributed by atoms with Crippen molar-refractivity contribution in [3.05, 3.63) is 30.0 Å². The summed E-state index contributed by atoms with van der Waals surface area (Å²) in [7, 11) is 0. The molecule has 1 aromatic heterocycles. The third-order valence-electron chi connectivity index (χ3n) is 2.93. The summed E-state index contributed by atoms with van der Waals surface area (Å²) in [5.74, 6) is 0.552. The number of thioether (sulfide) groups is 1. The second kappa shape index (κ2) is 7.09. The molecule has 5 nitrogen and oxygen atoms in total. The van der Waals surface area contributed by atoms with Gasteiger partial charge in [-0.1, -0.05) is 31.9 Å². The number of hydrogen-bond donors (Lipinski definition) is 2. The van der Waals surface area contributed by atoms with E-state index < -0.39 is 5.91 Å². The molecule has 0 fully saturated rings. The topological polar surface area (TPSA) is 84.7 Å². The van der Waals surface area contributed by atoms with Crippen molar-refractivity contribution in [1.29, 1.82) is 0 Å². The molecule has 0 saturated heterocycles. The van der Waals surface area contributed by atoms with Crippen LogP contribution in [0.15, 0.2) is 29.2 Å². The number of nitrogens with zero attached hydrogens (tertiary/aromatic N) is 2. The van der Waals surface area contributed by atoms with E-state index in [9.17, 15) is 4.79 Å². The number of aromatic amines is 1. The van der Waals surface area contributed by atoms with Gasteiger partial charge in [-0.05, 0) is 24.3 Å². The second-order valence-corrected chi connectivity index (χ2v) is 5.63. The molecule has 1 heterocycles. The fraction of sp³-hybridized carbons (Fsp3) is 0.357. The number of nitrogens with two attached hydrogens (primary N) is 1. The first-order valence-corrected chi connectivity index (χ1v) is 7.64. The minimum absolute atomic E-state index is 0.174. The van der Waals surface area contributed by atoms with Crippen molar-refractivity contribution in [3.8, 4) is 11.3 Å². The smallest absolute Gasteiger partial charge is 0.271 e. The Morgan fingerprint density at radius 1 is 1.25 bits per heavy atom. The summed E-state index contributed by atoms with van der Waals surface area (Å²) in [6, 6.07) is 7.94. The fourth-order valence-corrected chi connectivity index (χ4v) is 2.77. The number of unbranched alkanes of at least 4 members (excludes halogenated alkanes) is 2. The number of amides is 1. The zero-order valence-corrected chi connectivity index (χ0v) is 12.2. The van der Waals surface area contributed by atoms with Crippen LogP contribution in [0.2, 0.25) is 0 Å². The monoisotopic (exact) mass is 290 g/mol. The molecule has 1 aromatic carbocycles. The molecule has 0 bridgehead atoms. The van der Waals surface area contributed by atoms with Crippen molar-refractivity contribution in [2.45, 2.75) is 31.1 Å². The number of rotatable bonds is 7.